The van der Waals surface area contributed by atoms with Gasteiger partial charge in [-0.05, 0) is 57.2 Å². The Kier molecular flexibility index (Phi) is 5.39. The maximum absolute atomic E-state index is 12.6. The largest absolute Gasteiger partial charge is 0.457 e. The normalized spacial score (nSPS) is 11.7. The van der Waals surface area contributed by atoms with Crippen molar-refractivity contribution in [3.63, 3.8) is 0 Å². The average molecular weight is 380 g/mol. The number of ether oxygens (including phenoxy) is 1. The summed E-state index contributed by atoms with van der Waals surface area (Å²) in [4.78, 5) is 23.2. The smallest absolute Gasteiger partial charge is 0.312 e. The number of carbonyl (C=O) groups is 1. The van der Waals surface area contributed by atoms with Crippen LogP contribution in [0.25, 0.3) is 0 Å². The molecule has 28 heavy (non-hydrogen) atoms. The maximum atomic E-state index is 12.6. The van der Waals surface area contributed by atoms with E-state index in [1.54, 1.807) is 45.0 Å². The average Bonchev–Trinajstić information content (AvgIpc) is 2.97. The zero-order valence-electron chi connectivity index (χ0n) is 15.7. The van der Waals surface area contributed by atoms with Crippen molar-refractivity contribution in [1.82, 2.24) is 9.78 Å². The van der Waals surface area contributed by atoms with Crippen molar-refractivity contribution in [2.75, 3.05) is 5.32 Å². The first-order valence-corrected chi connectivity index (χ1v) is 8.70. The van der Waals surface area contributed by atoms with Crippen LogP contribution in [0.1, 0.15) is 24.4 Å². The standard InChI is InChI=1S/C20H20N4O4/c1-13-19(24(26)27)14(2)23(22-13)15(3)20(25)21-16-9-11-18(12-10-16)28-17-7-5-4-6-8-17/h4-12,15H,1-3H3,(H,21,25)/t15-/m0/s1. The first-order chi connectivity index (χ1) is 13.4. The molecule has 1 atom stereocenters. The molecule has 0 fully saturated rings. The molecule has 0 saturated carbocycles. The summed E-state index contributed by atoms with van der Waals surface area (Å²) in [6, 6.07) is 15.6. The van der Waals surface area contributed by atoms with Crippen LogP contribution in [0, 0.1) is 24.0 Å². The highest BCUT2D eigenvalue weighted by Crippen LogP contribution is 2.26. The molecular formula is C20H20N4O4. The van der Waals surface area contributed by atoms with E-state index in [0.717, 1.165) is 5.75 Å². The fraction of sp³-hybridized carbons (Fsp3) is 0.200. The van der Waals surface area contributed by atoms with Gasteiger partial charge >= 0.3 is 5.69 Å². The lowest BCUT2D eigenvalue weighted by molar-refractivity contribution is -0.386. The minimum Gasteiger partial charge on any atom is -0.457 e. The van der Waals surface area contributed by atoms with Crippen molar-refractivity contribution in [3.8, 4) is 11.5 Å². The number of amides is 1. The van der Waals surface area contributed by atoms with Crippen molar-refractivity contribution in [1.29, 1.82) is 0 Å². The number of aromatic nitrogens is 2. The molecule has 0 aliphatic heterocycles. The minimum atomic E-state index is -0.701. The van der Waals surface area contributed by atoms with Crippen LogP contribution in [0.4, 0.5) is 11.4 Å². The maximum Gasteiger partial charge on any atom is 0.312 e. The quantitative estimate of drug-likeness (QED) is 0.505. The minimum absolute atomic E-state index is 0.0675. The van der Waals surface area contributed by atoms with Gasteiger partial charge < -0.3 is 10.1 Å². The second kappa shape index (κ2) is 7.91. The molecule has 0 spiro atoms. The van der Waals surface area contributed by atoms with Crippen molar-refractivity contribution < 1.29 is 14.5 Å². The van der Waals surface area contributed by atoms with Gasteiger partial charge in [-0.1, -0.05) is 18.2 Å². The molecule has 1 N–H and O–H groups in total. The van der Waals surface area contributed by atoms with E-state index in [9.17, 15) is 14.9 Å². The number of carbonyl (C=O) groups excluding carboxylic acids is 1. The Bertz CT molecular complexity index is 997. The van der Waals surface area contributed by atoms with Crippen molar-refractivity contribution in [3.05, 3.63) is 76.1 Å². The van der Waals surface area contributed by atoms with Crippen LogP contribution in [-0.2, 0) is 4.79 Å². The van der Waals surface area contributed by atoms with Gasteiger partial charge in [0.05, 0.1) is 4.92 Å². The van der Waals surface area contributed by atoms with Crippen LogP contribution in [0.2, 0.25) is 0 Å². The summed E-state index contributed by atoms with van der Waals surface area (Å²) < 4.78 is 7.09. The van der Waals surface area contributed by atoms with Gasteiger partial charge in [-0.2, -0.15) is 5.10 Å². The first-order valence-electron chi connectivity index (χ1n) is 8.70. The lowest BCUT2D eigenvalue weighted by atomic mass is 10.2. The number of aryl methyl sites for hydroxylation is 1. The summed E-state index contributed by atoms with van der Waals surface area (Å²) in [5.41, 5.74) is 1.15. The summed E-state index contributed by atoms with van der Waals surface area (Å²) in [7, 11) is 0. The Hall–Kier alpha value is -3.68. The molecule has 144 valence electrons. The number of nitrogens with zero attached hydrogens (tertiary/aromatic N) is 3. The van der Waals surface area contributed by atoms with Crippen LogP contribution in [0.3, 0.4) is 0 Å². The Morgan fingerprint density at radius 2 is 1.71 bits per heavy atom. The molecule has 1 amide bonds. The number of anilines is 1. The molecule has 0 aliphatic carbocycles. The van der Waals surface area contributed by atoms with Gasteiger partial charge in [0, 0.05) is 5.69 Å². The Morgan fingerprint density at radius 3 is 2.29 bits per heavy atom. The molecule has 3 rings (SSSR count). The van der Waals surface area contributed by atoms with E-state index in [0.29, 0.717) is 17.1 Å². The molecule has 0 unspecified atom stereocenters. The number of nitrogens with one attached hydrogen (secondary N) is 1. The third kappa shape index (κ3) is 4.01. The number of benzene rings is 2. The predicted octanol–water partition coefficient (Wildman–Crippen LogP) is 4.40. The first kappa shape index (κ1) is 19.1. The number of hydrogen-bond acceptors (Lipinski definition) is 5. The summed E-state index contributed by atoms with van der Waals surface area (Å²) in [5, 5.41) is 18.1. The molecule has 2 aromatic carbocycles. The van der Waals surface area contributed by atoms with E-state index >= 15 is 0 Å². The summed E-state index contributed by atoms with van der Waals surface area (Å²) in [5.74, 6) is 1.04. The summed E-state index contributed by atoms with van der Waals surface area (Å²) >= 11 is 0. The highest BCUT2D eigenvalue weighted by Gasteiger charge is 2.27. The van der Waals surface area contributed by atoms with Crippen LogP contribution >= 0.6 is 0 Å². The Morgan fingerprint density at radius 1 is 1.11 bits per heavy atom. The van der Waals surface area contributed by atoms with Gasteiger partial charge in [0.2, 0.25) is 5.91 Å². The Labute approximate surface area is 161 Å². The van der Waals surface area contributed by atoms with Gasteiger partial charge in [-0.15, -0.1) is 0 Å². The fourth-order valence-electron chi connectivity index (χ4n) is 2.88. The third-order valence-electron chi connectivity index (χ3n) is 4.32. The second-order valence-electron chi connectivity index (χ2n) is 6.33. The van der Waals surface area contributed by atoms with Crippen molar-refractivity contribution >= 4 is 17.3 Å². The zero-order chi connectivity index (χ0) is 20.3. The zero-order valence-corrected chi connectivity index (χ0v) is 15.7. The molecule has 8 heteroatoms. The predicted molar refractivity (Wildman–Crippen MR) is 105 cm³/mol. The number of para-hydroxylation sites is 1. The van der Waals surface area contributed by atoms with E-state index in [1.807, 2.05) is 30.3 Å². The van der Waals surface area contributed by atoms with E-state index in [-0.39, 0.29) is 17.3 Å². The van der Waals surface area contributed by atoms with Gasteiger partial charge in [0.1, 0.15) is 28.9 Å². The van der Waals surface area contributed by atoms with Gasteiger partial charge in [0.25, 0.3) is 0 Å². The third-order valence-corrected chi connectivity index (χ3v) is 4.32. The van der Waals surface area contributed by atoms with Gasteiger partial charge in [-0.25, -0.2) is 0 Å². The molecule has 3 aromatic rings. The topological polar surface area (TPSA) is 99.3 Å². The van der Waals surface area contributed by atoms with Gasteiger partial charge in [-0.3, -0.25) is 19.6 Å². The molecule has 1 aromatic heterocycles. The molecule has 0 bridgehead atoms. The Balaban J connectivity index is 1.69. The van der Waals surface area contributed by atoms with Crippen LogP contribution < -0.4 is 10.1 Å². The highest BCUT2D eigenvalue weighted by atomic mass is 16.6. The van der Waals surface area contributed by atoms with E-state index in [1.165, 1.54) is 4.68 Å². The van der Waals surface area contributed by atoms with Crippen LogP contribution in [0.15, 0.2) is 54.6 Å². The van der Waals surface area contributed by atoms with Crippen LogP contribution in [-0.4, -0.2) is 20.6 Å². The molecular weight excluding hydrogens is 360 g/mol. The summed E-state index contributed by atoms with van der Waals surface area (Å²) in [6.45, 7) is 4.78. The number of hydrogen-bond donors (Lipinski definition) is 1. The fourth-order valence-corrected chi connectivity index (χ4v) is 2.88. The molecule has 0 saturated heterocycles. The summed E-state index contributed by atoms with van der Waals surface area (Å²) in [6.07, 6.45) is 0. The SMILES string of the molecule is Cc1nn([C@@H](C)C(=O)Nc2ccc(Oc3ccccc3)cc2)c(C)c1[N+](=O)[O-]. The second-order valence-corrected chi connectivity index (χ2v) is 6.33. The van der Waals surface area contributed by atoms with Crippen molar-refractivity contribution in [2.45, 2.75) is 26.8 Å². The van der Waals surface area contributed by atoms with E-state index < -0.39 is 11.0 Å². The highest BCUT2D eigenvalue weighted by molar-refractivity contribution is 5.93. The molecule has 1 heterocycles. The van der Waals surface area contributed by atoms with E-state index in [2.05, 4.69) is 10.4 Å². The molecule has 0 radical (unpaired) electrons. The lowest BCUT2D eigenvalue weighted by Gasteiger charge is -2.14. The lowest BCUT2D eigenvalue weighted by Crippen LogP contribution is -2.25. The monoisotopic (exact) mass is 380 g/mol. The molecule has 0 aliphatic rings. The van der Waals surface area contributed by atoms with Crippen molar-refractivity contribution in [2.24, 2.45) is 0 Å². The van der Waals surface area contributed by atoms with Crippen LogP contribution in [0.5, 0.6) is 11.5 Å². The van der Waals surface area contributed by atoms with E-state index in [4.69, 9.17) is 4.74 Å². The van der Waals surface area contributed by atoms with Gasteiger partial charge in [0.15, 0.2) is 0 Å². The molecule has 8 nitrogen and oxygen atoms in total. The number of rotatable bonds is 6. The number of nitro groups is 1.